The third-order valence-electron chi connectivity index (χ3n) is 6.27. The van der Waals surface area contributed by atoms with Crippen LogP contribution in [0.25, 0.3) is 21.8 Å². The molecule has 0 atom stereocenters. The summed E-state index contributed by atoms with van der Waals surface area (Å²) in [4.78, 5) is 20.3. The van der Waals surface area contributed by atoms with Crippen LogP contribution in [0.4, 0.5) is 0 Å². The number of carbonyl (C=O) groups is 1. The first-order valence-corrected chi connectivity index (χ1v) is 12.0. The standard InChI is InChI=1S/C30H29N3O2/c1-22(2)32(19-23-11-4-3-5-12-23)30(34)20-33-27-17-9-8-16-26(27)31-29(33)21-35-28-18-10-14-24-13-6-7-15-25(24)28/h3-18,22H,19-21H2,1-2H3. The van der Waals surface area contributed by atoms with E-state index in [2.05, 4.69) is 44.2 Å². The first kappa shape index (κ1) is 22.7. The number of fused-ring (bicyclic) bond motifs is 2. The summed E-state index contributed by atoms with van der Waals surface area (Å²) in [5.74, 6) is 1.59. The van der Waals surface area contributed by atoms with Crippen molar-refractivity contribution in [3.05, 3.63) is 108 Å². The fourth-order valence-corrected chi connectivity index (χ4v) is 4.44. The van der Waals surface area contributed by atoms with Crippen molar-refractivity contribution in [3.63, 3.8) is 0 Å². The maximum atomic E-state index is 13.5. The molecule has 176 valence electrons. The lowest BCUT2D eigenvalue weighted by molar-refractivity contribution is -0.134. The zero-order chi connectivity index (χ0) is 24.2. The van der Waals surface area contributed by atoms with Crippen molar-refractivity contribution in [2.45, 2.75) is 39.6 Å². The predicted molar refractivity (Wildman–Crippen MR) is 140 cm³/mol. The van der Waals surface area contributed by atoms with Crippen molar-refractivity contribution in [1.82, 2.24) is 14.5 Å². The second-order valence-corrected chi connectivity index (χ2v) is 8.97. The number of hydrogen-bond acceptors (Lipinski definition) is 3. The maximum absolute atomic E-state index is 13.5. The number of carbonyl (C=O) groups excluding carboxylic acids is 1. The highest BCUT2D eigenvalue weighted by Gasteiger charge is 2.21. The molecule has 0 saturated heterocycles. The van der Waals surface area contributed by atoms with Crippen LogP contribution in [0.15, 0.2) is 97.1 Å². The van der Waals surface area contributed by atoms with E-state index in [1.165, 1.54) is 0 Å². The summed E-state index contributed by atoms with van der Waals surface area (Å²) < 4.78 is 8.24. The monoisotopic (exact) mass is 463 g/mol. The van der Waals surface area contributed by atoms with Gasteiger partial charge in [0.05, 0.1) is 11.0 Å². The van der Waals surface area contributed by atoms with E-state index in [1.807, 2.05) is 76.2 Å². The maximum Gasteiger partial charge on any atom is 0.243 e. The summed E-state index contributed by atoms with van der Waals surface area (Å²) in [5.41, 5.74) is 2.90. The molecule has 0 N–H and O–H groups in total. The van der Waals surface area contributed by atoms with E-state index < -0.39 is 0 Å². The number of nitrogens with zero attached hydrogens (tertiary/aromatic N) is 3. The molecular weight excluding hydrogens is 434 g/mol. The lowest BCUT2D eigenvalue weighted by atomic mass is 10.1. The van der Waals surface area contributed by atoms with Gasteiger partial charge >= 0.3 is 0 Å². The van der Waals surface area contributed by atoms with Gasteiger partial charge in [-0.3, -0.25) is 4.79 Å². The zero-order valence-corrected chi connectivity index (χ0v) is 20.1. The third kappa shape index (κ3) is 4.90. The molecule has 0 fully saturated rings. The fraction of sp³-hybridized carbons (Fsp3) is 0.200. The van der Waals surface area contributed by atoms with Gasteiger partial charge in [-0.1, -0.05) is 78.9 Å². The molecule has 5 heteroatoms. The highest BCUT2D eigenvalue weighted by atomic mass is 16.5. The smallest absolute Gasteiger partial charge is 0.243 e. The van der Waals surface area contributed by atoms with E-state index in [-0.39, 0.29) is 25.1 Å². The van der Waals surface area contributed by atoms with Crippen molar-refractivity contribution in [2.24, 2.45) is 0 Å². The van der Waals surface area contributed by atoms with E-state index in [1.54, 1.807) is 0 Å². The predicted octanol–water partition coefficient (Wildman–Crippen LogP) is 6.21. The lowest BCUT2D eigenvalue weighted by Gasteiger charge is -2.27. The SMILES string of the molecule is CC(C)N(Cc1ccccc1)C(=O)Cn1c(COc2cccc3ccccc23)nc2ccccc21. The molecule has 5 nitrogen and oxygen atoms in total. The van der Waals surface area contributed by atoms with Gasteiger partial charge in [0.2, 0.25) is 5.91 Å². The van der Waals surface area contributed by atoms with Crippen molar-refractivity contribution in [1.29, 1.82) is 0 Å². The number of amides is 1. The first-order valence-electron chi connectivity index (χ1n) is 12.0. The number of imidazole rings is 1. The molecule has 5 aromatic rings. The van der Waals surface area contributed by atoms with Gasteiger partial charge in [-0.05, 0) is 43.0 Å². The molecule has 1 heterocycles. The van der Waals surface area contributed by atoms with Gasteiger partial charge in [0.25, 0.3) is 0 Å². The molecular formula is C30H29N3O2. The highest BCUT2D eigenvalue weighted by molar-refractivity contribution is 5.88. The quantitative estimate of drug-likeness (QED) is 0.275. The van der Waals surface area contributed by atoms with Crippen LogP contribution in [0.5, 0.6) is 5.75 Å². The molecule has 0 radical (unpaired) electrons. The van der Waals surface area contributed by atoms with E-state index in [9.17, 15) is 4.79 Å². The van der Waals surface area contributed by atoms with Crippen molar-refractivity contribution in [3.8, 4) is 5.75 Å². The van der Waals surface area contributed by atoms with Crippen molar-refractivity contribution in [2.75, 3.05) is 0 Å². The minimum absolute atomic E-state index is 0.0541. The van der Waals surface area contributed by atoms with E-state index in [4.69, 9.17) is 9.72 Å². The fourth-order valence-electron chi connectivity index (χ4n) is 4.44. The van der Waals surface area contributed by atoms with Crippen LogP contribution < -0.4 is 4.74 Å². The molecule has 0 aliphatic rings. The number of benzene rings is 4. The third-order valence-corrected chi connectivity index (χ3v) is 6.27. The van der Waals surface area contributed by atoms with Crippen LogP contribution in [-0.2, 0) is 24.5 Å². The molecule has 4 aromatic carbocycles. The second kappa shape index (κ2) is 10.0. The van der Waals surface area contributed by atoms with Gasteiger partial charge in [-0.15, -0.1) is 0 Å². The van der Waals surface area contributed by atoms with Gasteiger partial charge < -0.3 is 14.2 Å². The summed E-state index contributed by atoms with van der Waals surface area (Å²) in [7, 11) is 0. The Balaban J connectivity index is 1.43. The second-order valence-electron chi connectivity index (χ2n) is 8.97. The Morgan fingerprint density at radius 2 is 1.60 bits per heavy atom. The van der Waals surface area contributed by atoms with Gasteiger partial charge in [-0.2, -0.15) is 0 Å². The molecule has 0 aliphatic carbocycles. The Bertz CT molecular complexity index is 1450. The minimum Gasteiger partial charge on any atom is -0.485 e. The van der Waals surface area contributed by atoms with E-state index >= 15 is 0 Å². The molecule has 0 aliphatic heterocycles. The van der Waals surface area contributed by atoms with Crippen LogP contribution in [0.3, 0.4) is 0 Å². The summed E-state index contributed by atoms with van der Waals surface area (Å²) in [6, 6.07) is 32.3. The topological polar surface area (TPSA) is 47.4 Å². The Kier molecular flexibility index (Phi) is 6.49. The molecule has 0 bridgehead atoms. The van der Waals surface area contributed by atoms with Gasteiger partial charge in [0, 0.05) is 18.0 Å². The van der Waals surface area contributed by atoms with Gasteiger partial charge in [-0.25, -0.2) is 4.98 Å². The summed E-state index contributed by atoms with van der Waals surface area (Å²) >= 11 is 0. The normalized spacial score (nSPS) is 11.3. The molecule has 1 aromatic heterocycles. The number of hydrogen-bond donors (Lipinski definition) is 0. The Hall–Kier alpha value is -4.12. The Morgan fingerprint density at radius 1 is 0.886 bits per heavy atom. The van der Waals surface area contributed by atoms with Gasteiger partial charge in [0.1, 0.15) is 24.7 Å². The average Bonchev–Trinajstić information content (AvgIpc) is 3.23. The van der Waals surface area contributed by atoms with Crippen LogP contribution in [-0.4, -0.2) is 26.4 Å². The first-order chi connectivity index (χ1) is 17.1. The van der Waals surface area contributed by atoms with E-state index in [0.717, 1.165) is 38.9 Å². The molecule has 0 spiro atoms. The Labute approximate surface area is 205 Å². The highest BCUT2D eigenvalue weighted by Crippen LogP contribution is 2.26. The minimum atomic E-state index is 0.0541. The van der Waals surface area contributed by atoms with E-state index in [0.29, 0.717) is 6.54 Å². The summed E-state index contributed by atoms with van der Waals surface area (Å²) in [6.07, 6.45) is 0. The number of para-hydroxylation sites is 2. The van der Waals surface area contributed by atoms with Crippen LogP contribution in [0.1, 0.15) is 25.2 Å². The van der Waals surface area contributed by atoms with Crippen LogP contribution in [0.2, 0.25) is 0 Å². The summed E-state index contributed by atoms with van der Waals surface area (Å²) in [6.45, 7) is 5.16. The van der Waals surface area contributed by atoms with Crippen LogP contribution >= 0.6 is 0 Å². The summed E-state index contributed by atoms with van der Waals surface area (Å²) in [5, 5.41) is 2.18. The van der Waals surface area contributed by atoms with Crippen molar-refractivity contribution < 1.29 is 9.53 Å². The van der Waals surface area contributed by atoms with Crippen molar-refractivity contribution >= 4 is 27.7 Å². The Morgan fingerprint density at radius 3 is 2.43 bits per heavy atom. The molecule has 35 heavy (non-hydrogen) atoms. The number of rotatable bonds is 8. The largest absolute Gasteiger partial charge is 0.485 e. The molecule has 5 rings (SSSR count). The molecule has 0 saturated carbocycles. The number of ether oxygens (including phenoxy) is 1. The molecule has 1 amide bonds. The average molecular weight is 464 g/mol. The van der Waals surface area contributed by atoms with Gasteiger partial charge in [0.15, 0.2) is 0 Å². The molecule has 0 unspecified atom stereocenters. The lowest BCUT2D eigenvalue weighted by Crippen LogP contribution is -2.38. The number of aromatic nitrogens is 2. The zero-order valence-electron chi connectivity index (χ0n) is 20.1. The van der Waals surface area contributed by atoms with Crippen LogP contribution in [0, 0.1) is 0 Å².